The number of methoxy groups -OCH3 is 1. The second kappa shape index (κ2) is 9.14. The number of alkyl halides is 3. The monoisotopic (exact) mass is 476 g/mol. The van der Waals surface area contributed by atoms with Gasteiger partial charge >= 0.3 is 12.2 Å². The maximum absolute atomic E-state index is 14.0. The first kappa shape index (κ1) is 23.8. The Balaban J connectivity index is 1.54. The number of para-hydroxylation sites is 1. The molecule has 180 valence electrons. The van der Waals surface area contributed by atoms with Crippen molar-refractivity contribution in [3.05, 3.63) is 59.4 Å². The first-order valence-electron chi connectivity index (χ1n) is 10.8. The number of ether oxygens (including phenoxy) is 1. The molecule has 10 heteroatoms. The van der Waals surface area contributed by atoms with Gasteiger partial charge in [-0.05, 0) is 36.8 Å². The molecular formula is C24H24F4N4O2. The van der Waals surface area contributed by atoms with Crippen LogP contribution in [-0.2, 0) is 10.9 Å². The third kappa shape index (κ3) is 4.53. The van der Waals surface area contributed by atoms with Gasteiger partial charge in [0.15, 0.2) is 0 Å². The van der Waals surface area contributed by atoms with E-state index in [4.69, 9.17) is 10.00 Å². The van der Waals surface area contributed by atoms with Gasteiger partial charge in [0.2, 0.25) is 0 Å². The number of nitriles is 1. The van der Waals surface area contributed by atoms with Crippen molar-refractivity contribution in [1.29, 1.82) is 5.26 Å². The standard InChI is InChI=1S/C24H24F4N4O2/c1-34-15-23-8-9-31(18-7-6-16(11-29)19(10-18)24(26,27)28)12-17(23)13-32(14-23)22(33)30-21-5-3-2-4-20(21)25/h2-7,10,17H,8-9,12-15H2,1H3,(H,30,33)/t17-,23+/m1/s1. The summed E-state index contributed by atoms with van der Waals surface area (Å²) >= 11 is 0. The molecule has 0 radical (unpaired) electrons. The number of rotatable bonds is 4. The largest absolute Gasteiger partial charge is 0.417 e. The Hall–Kier alpha value is -3.32. The van der Waals surface area contributed by atoms with Gasteiger partial charge in [0.05, 0.1) is 29.5 Å². The normalized spacial score (nSPS) is 22.3. The molecule has 0 aromatic heterocycles. The van der Waals surface area contributed by atoms with Gasteiger partial charge in [0, 0.05) is 50.3 Å². The van der Waals surface area contributed by atoms with Crippen LogP contribution in [-0.4, -0.2) is 50.8 Å². The molecule has 2 aromatic carbocycles. The quantitative estimate of drug-likeness (QED) is 0.649. The van der Waals surface area contributed by atoms with E-state index in [-0.39, 0.29) is 17.0 Å². The molecule has 2 atom stereocenters. The number of piperidine rings is 1. The number of urea groups is 1. The zero-order chi connectivity index (χ0) is 24.5. The lowest BCUT2D eigenvalue weighted by Crippen LogP contribution is -2.49. The summed E-state index contributed by atoms with van der Waals surface area (Å²) in [7, 11) is 1.58. The zero-order valence-corrected chi connectivity index (χ0v) is 18.5. The molecule has 2 aliphatic rings. The number of anilines is 2. The van der Waals surface area contributed by atoms with Crippen molar-refractivity contribution in [3.8, 4) is 6.07 Å². The number of likely N-dealkylation sites (tertiary alicyclic amines) is 1. The van der Waals surface area contributed by atoms with E-state index in [1.54, 1.807) is 24.1 Å². The Morgan fingerprint density at radius 3 is 2.71 bits per heavy atom. The lowest BCUT2D eigenvalue weighted by molar-refractivity contribution is -0.137. The Bertz CT molecular complexity index is 1120. The average molecular weight is 476 g/mol. The SMILES string of the molecule is COC[C@@]12CCN(c3ccc(C#N)c(C(F)(F)F)c3)C[C@@H]1CN(C(=O)Nc1ccccc1F)C2. The van der Waals surface area contributed by atoms with Gasteiger partial charge in [0.1, 0.15) is 5.82 Å². The molecule has 0 saturated carbocycles. The third-order valence-electron chi connectivity index (χ3n) is 6.76. The highest BCUT2D eigenvalue weighted by Crippen LogP contribution is 2.45. The van der Waals surface area contributed by atoms with Crippen LogP contribution < -0.4 is 10.2 Å². The molecule has 4 rings (SSSR count). The van der Waals surface area contributed by atoms with Crippen LogP contribution in [0.4, 0.5) is 33.7 Å². The summed E-state index contributed by atoms with van der Waals surface area (Å²) in [5.74, 6) is -0.593. The van der Waals surface area contributed by atoms with Crippen LogP contribution >= 0.6 is 0 Å². The molecule has 0 unspecified atom stereocenters. The fraction of sp³-hybridized carbons (Fsp3) is 0.417. The molecule has 34 heavy (non-hydrogen) atoms. The minimum atomic E-state index is -4.63. The highest BCUT2D eigenvalue weighted by atomic mass is 19.4. The third-order valence-corrected chi connectivity index (χ3v) is 6.76. The van der Waals surface area contributed by atoms with E-state index in [1.807, 2.05) is 4.90 Å². The summed E-state index contributed by atoms with van der Waals surface area (Å²) in [4.78, 5) is 16.3. The van der Waals surface area contributed by atoms with Gasteiger partial charge in [-0.15, -0.1) is 0 Å². The molecule has 6 nitrogen and oxygen atoms in total. The van der Waals surface area contributed by atoms with Crippen molar-refractivity contribution in [2.45, 2.75) is 12.6 Å². The molecule has 2 aliphatic heterocycles. The predicted octanol–water partition coefficient (Wildman–Crippen LogP) is 4.72. The second-order valence-corrected chi connectivity index (χ2v) is 8.82. The predicted molar refractivity (Wildman–Crippen MR) is 118 cm³/mol. The summed E-state index contributed by atoms with van der Waals surface area (Å²) in [6.45, 7) is 2.07. The highest BCUT2D eigenvalue weighted by Gasteiger charge is 2.51. The van der Waals surface area contributed by atoms with E-state index in [0.29, 0.717) is 44.9 Å². The van der Waals surface area contributed by atoms with Crippen LogP contribution in [0.2, 0.25) is 0 Å². The maximum atomic E-state index is 14.0. The fourth-order valence-electron chi connectivity index (χ4n) is 5.01. The van der Waals surface area contributed by atoms with E-state index in [1.165, 1.54) is 30.3 Å². The summed E-state index contributed by atoms with van der Waals surface area (Å²) in [5, 5.41) is 11.7. The van der Waals surface area contributed by atoms with Gasteiger partial charge in [0.25, 0.3) is 0 Å². The van der Waals surface area contributed by atoms with Crippen molar-refractivity contribution in [1.82, 2.24) is 4.90 Å². The zero-order valence-electron chi connectivity index (χ0n) is 18.5. The first-order chi connectivity index (χ1) is 16.2. The van der Waals surface area contributed by atoms with Crippen LogP contribution in [0.1, 0.15) is 17.5 Å². The molecule has 0 spiro atoms. The summed E-state index contributed by atoms with van der Waals surface area (Å²) in [6, 6.07) is 10.8. The van der Waals surface area contributed by atoms with Crippen molar-refractivity contribution in [2.24, 2.45) is 11.3 Å². The molecule has 2 saturated heterocycles. The topological polar surface area (TPSA) is 68.6 Å². The minimum Gasteiger partial charge on any atom is -0.384 e. The van der Waals surface area contributed by atoms with E-state index in [2.05, 4.69) is 5.32 Å². The Morgan fingerprint density at radius 2 is 2.03 bits per heavy atom. The van der Waals surface area contributed by atoms with Crippen LogP contribution in [0, 0.1) is 28.5 Å². The number of nitrogens with one attached hydrogen (secondary N) is 1. The number of halogens is 4. The van der Waals surface area contributed by atoms with Crippen LogP contribution in [0.15, 0.2) is 42.5 Å². The number of amides is 2. The lowest BCUT2D eigenvalue weighted by Gasteiger charge is -2.44. The number of carbonyl (C=O) groups excluding carboxylic acids is 1. The van der Waals surface area contributed by atoms with Crippen molar-refractivity contribution >= 4 is 17.4 Å². The van der Waals surface area contributed by atoms with E-state index < -0.39 is 29.2 Å². The first-order valence-corrected chi connectivity index (χ1v) is 10.8. The Morgan fingerprint density at radius 1 is 1.26 bits per heavy atom. The number of benzene rings is 2. The summed E-state index contributed by atoms with van der Waals surface area (Å²) < 4.78 is 59.8. The number of hydrogen-bond donors (Lipinski definition) is 1. The number of hydrogen-bond acceptors (Lipinski definition) is 4. The summed E-state index contributed by atoms with van der Waals surface area (Å²) in [6.07, 6.45) is -4.03. The highest BCUT2D eigenvalue weighted by molar-refractivity contribution is 5.89. The molecule has 2 aromatic rings. The number of carbonyl (C=O) groups is 1. The molecule has 2 fully saturated rings. The smallest absolute Gasteiger partial charge is 0.384 e. The molecule has 0 aliphatic carbocycles. The molecular weight excluding hydrogens is 452 g/mol. The van der Waals surface area contributed by atoms with Gasteiger partial charge in [-0.3, -0.25) is 0 Å². The molecule has 2 heterocycles. The van der Waals surface area contributed by atoms with Crippen molar-refractivity contribution in [2.75, 3.05) is 50.1 Å². The van der Waals surface area contributed by atoms with Gasteiger partial charge in [-0.25, -0.2) is 9.18 Å². The van der Waals surface area contributed by atoms with Gasteiger partial charge in [-0.2, -0.15) is 18.4 Å². The molecule has 1 N–H and O–H groups in total. The number of nitrogens with zero attached hydrogens (tertiary/aromatic N) is 3. The number of fused-ring (bicyclic) bond motifs is 1. The van der Waals surface area contributed by atoms with Crippen LogP contribution in [0.25, 0.3) is 0 Å². The minimum absolute atomic E-state index is 0.0578. The van der Waals surface area contributed by atoms with Gasteiger partial charge in [-0.1, -0.05) is 12.1 Å². The molecule has 2 amide bonds. The maximum Gasteiger partial charge on any atom is 0.417 e. The van der Waals surface area contributed by atoms with Gasteiger partial charge < -0.3 is 19.9 Å². The Labute approximate surface area is 194 Å². The second-order valence-electron chi connectivity index (χ2n) is 8.82. The molecule has 0 bridgehead atoms. The van der Waals surface area contributed by atoms with Crippen LogP contribution in [0.5, 0.6) is 0 Å². The Kier molecular flexibility index (Phi) is 6.41. The van der Waals surface area contributed by atoms with Crippen LogP contribution in [0.3, 0.4) is 0 Å². The van der Waals surface area contributed by atoms with E-state index in [0.717, 1.165) is 6.07 Å². The van der Waals surface area contributed by atoms with Crippen molar-refractivity contribution in [3.63, 3.8) is 0 Å². The lowest BCUT2D eigenvalue weighted by atomic mass is 9.73. The average Bonchev–Trinajstić information content (AvgIpc) is 3.18. The van der Waals surface area contributed by atoms with E-state index >= 15 is 0 Å². The van der Waals surface area contributed by atoms with E-state index in [9.17, 15) is 22.4 Å². The fourth-order valence-corrected chi connectivity index (χ4v) is 5.01. The summed E-state index contributed by atoms with van der Waals surface area (Å²) in [5.41, 5.74) is -1.26. The van der Waals surface area contributed by atoms with Crippen molar-refractivity contribution < 1.29 is 27.1 Å².